The molecule has 2 aromatic heterocycles. The van der Waals surface area contributed by atoms with Gasteiger partial charge in [-0.2, -0.15) is 0 Å². The van der Waals surface area contributed by atoms with E-state index in [0.717, 1.165) is 16.8 Å². The average molecular weight is 184 g/mol. The van der Waals surface area contributed by atoms with Gasteiger partial charge in [-0.3, -0.25) is 9.97 Å². The largest absolute Gasteiger partial charge is 0.264 e. The van der Waals surface area contributed by atoms with E-state index in [1.807, 2.05) is 38.5 Å². The summed E-state index contributed by atoms with van der Waals surface area (Å²) in [4.78, 5) is 8.49. The van der Waals surface area contributed by atoms with E-state index in [2.05, 4.69) is 22.1 Å². The Morgan fingerprint density at radius 3 is 2.43 bits per heavy atom. The van der Waals surface area contributed by atoms with Crippen LogP contribution in [0.4, 0.5) is 0 Å². The van der Waals surface area contributed by atoms with Gasteiger partial charge in [-0.05, 0) is 37.1 Å². The first kappa shape index (κ1) is 8.88. The number of pyridine rings is 2. The molecule has 2 heterocycles. The van der Waals surface area contributed by atoms with Gasteiger partial charge in [-0.25, -0.2) is 0 Å². The quantitative estimate of drug-likeness (QED) is 0.681. The Morgan fingerprint density at radius 1 is 0.929 bits per heavy atom. The predicted octanol–water partition coefficient (Wildman–Crippen LogP) is 2.76. The summed E-state index contributed by atoms with van der Waals surface area (Å²) in [5.74, 6) is 0. The minimum Gasteiger partial charge on any atom is -0.264 e. The third kappa shape index (κ3) is 1.79. The fourth-order valence-electron chi connectivity index (χ4n) is 1.33. The zero-order valence-corrected chi connectivity index (χ0v) is 8.36. The molecule has 0 aliphatic carbocycles. The van der Waals surface area contributed by atoms with Crippen LogP contribution in [0.3, 0.4) is 0 Å². The lowest BCUT2D eigenvalue weighted by Crippen LogP contribution is -1.86. The lowest BCUT2D eigenvalue weighted by Gasteiger charge is -2.01. The molecule has 0 amide bonds. The van der Waals surface area contributed by atoms with Gasteiger partial charge in [-0.1, -0.05) is 6.07 Å². The highest BCUT2D eigenvalue weighted by molar-refractivity contribution is 5.58. The molecule has 0 saturated carbocycles. The van der Waals surface area contributed by atoms with Crippen molar-refractivity contribution < 1.29 is 0 Å². The van der Waals surface area contributed by atoms with Gasteiger partial charge in [-0.15, -0.1) is 0 Å². The molecule has 0 aliphatic heterocycles. The van der Waals surface area contributed by atoms with Crippen LogP contribution in [0.5, 0.6) is 0 Å². The van der Waals surface area contributed by atoms with Crippen molar-refractivity contribution in [3.63, 3.8) is 0 Å². The highest BCUT2D eigenvalue weighted by Gasteiger charge is 1.98. The van der Waals surface area contributed by atoms with Crippen LogP contribution < -0.4 is 0 Å². The van der Waals surface area contributed by atoms with E-state index in [1.165, 1.54) is 5.56 Å². The van der Waals surface area contributed by atoms with Crippen LogP contribution in [0, 0.1) is 13.8 Å². The molecular weight excluding hydrogens is 172 g/mol. The molecule has 2 aromatic rings. The summed E-state index contributed by atoms with van der Waals surface area (Å²) in [6.07, 6.45) is 5.56. The Hall–Kier alpha value is -1.70. The number of rotatable bonds is 1. The molecule has 70 valence electrons. The number of hydrogen-bond acceptors (Lipinski definition) is 2. The fraction of sp³-hybridized carbons (Fsp3) is 0.167. The lowest BCUT2D eigenvalue weighted by atomic mass is 10.1. The second kappa shape index (κ2) is 3.58. The summed E-state index contributed by atoms with van der Waals surface area (Å²) in [5.41, 5.74) is 4.39. The van der Waals surface area contributed by atoms with E-state index in [0.29, 0.717) is 0 Å². The maximum absolute atomic E-state index is 4.35. The second-order valence-electron chi connectivity index (χ2n) is 3.47. The van der Waals surface area contributed by atoms with Gasteiger partial charge in [0.25, 0.3) is 0 Å². The van der Waals surface area contributed by atoms with E-state index in [9.17, 15) is 0 Å². The van der Waals surface area contributed by atoms with Crippen molar-refractivity contribution in [2.24, 2.45) is 0 Å². The summed E-state index contributed by atoms with van der Waals surface area (Å²) in [5, 5.41) is 0. The van der Waals surface area contributed by atoms with Gasteiger partial charge in [0.2, 0.25) is 0 Å². The van der Waals surface area contributed by atoms with E-state index >= 15 is 0 Å². The fourth-order valence-corrected chi connectivity index (χ4v) is 1.33. The second-order valence-corrected chi connectivity index (χ2v) is 3.47. The number of aryl methyl sites for hydroxylation is 2. The topological polar surface area (TPSA) is 25.8 Å². The Bertz CT molecular complexity index is 432. The SMILES string of the molecule is Cc1ccc(-c2cncc(C)c2)nc1. The number of nitrogens with zero attached hydrogens (tertiary/aromatic N) is 2. The van der Waals surface area contributed by atoms with Crippen molar-refractivity contribution in [1.29, 1.82) is 0 Å². The van der Waals surface area contributed by atoms with Crippen LogP contribution in [0.25, 0.3) is 11.3 Å². The van der Waals surface area contributed by atoms with Gasteiger partial charge in [0, 0.05) is 24.2 Å². The smallest absolute Gasteiger partial charge is 0.0717 e. The molecule has 14 heavy (non-hydrogen) atoms. The maximum Gasteiger partial charge on any atom is 0.0717 e. The van der Waals surface area contributed by atoms with Crippen LogP contribution in [0.1, 0.15) is 11.1 Å². The minimum atomic E-state index is 0.979. The number of hydrogen-bond donors (Lipinski definition) is 0. The van der Waals surface area contributed by atoms with Crippen molar-refractivity contribution in [2.45, 2.75) is 13.8 Å². The molecule has 0 saturated heterocycles. The van der Waals surface area contributed by atoms with Crippen LogP contribution in [-0.2, 0) is 0 Å². The van der Waals surface area contributed by atoms with Crippen LogP contribution in [0.15, 0.2) is 36.8 Å². The van der Waals surface area contributed by atoms with E-state index in [4.69, 9.17) is 0 Å². The monoisotopic (exact) mass is 184 g/mol. The summed E-state index contributed by atoms with van der Waals surface area (Å²) in [6, 6.07) is 6.17. The lowest BCUT2D eigenvalue weighted by molar-refractivity contribution is 1.23. The zero-order valence-electron chi connectivity index (χ0n) is 8.36. The van der Waals surface area contributed by atoms with Crippen molar-refractivity contribution in [1.82, 2.24) is 9.97 Å². The van der Waals surface area contributed by atoms with Crippen molar-refractivity contribution in [2.75, 3.05) is 0 Å². The zero-order chi connectivity index (χ0) is 9.97. The van der Waals surface area contributed by atoms with Crippen molar-refractivity contribution in [3.05, 3.63) is 47.9 Å². The number of aromatic nitrogens is 2. The highest BCUT2D eigenvalue weighted by atomic mass is 14.7. The molecule has 0 atom stereocenters. The van der Waals surface area contributed by atoms with E-state index in [1.54, 1.807) is 0 Å². The van der Waals surface area contributed by atoms with E-state index in [-0.39, 0.29) is 0 Å². The molecule has 0 N–H and O–H groups in total. The van der Waals surface area contributed by atoms with Crippen LogP contribution >= 0.6 is 0 Å². The predicted molar refractivity (Wildman–Crippen MR) is 56.9 cm³/mol. The van der Waals surface area contributed by atoms with Gasteiger partial charge in [0.1, 0.15) is 0 Å². The Balaban J connectivity index is 2.44. The molecule has 0 spiro atoms. The molecular formula is C12H12N2. The molecule has 2 nitrogen and oxygen atoms in total. The molecule has 0 aromatic carbocycles. The Kier molecular flexibility index (Phi) is 2.27. The Morgan fingerprint density at radius 2 is 1.79 bits per heavy atom. The molecule has 0 unspecified atom stereocenters. The van der Waals surface area contributed by atoms with Crippen LogP contribution in [-0.4, -0.2) is 9.97 Å². The highest BCUT2D eigenvalue weighted by Crippen LogP contribution is 2.16. The molecule has 2 heteroatoms. The van der Waals surface area contributed by atoms with Gasteiger partial charge in [0.05, 0.1) is 5.69 Å². The molecule has 0 fully saturated rings. The van der Waals surface area contributed by atoms with Gasteiger partial charge in [0.15, 0.2) is 0 Å². The van der Waals surface area contributed by atoms with Gasteiger partial charge < -0.3 is 0 Å². The standard InChI is InChI=1S/C12H12N2/c1-9-3-4-12(14-7-9)11-5-10(2)6-13-8-11/h3-8H,1-2H3. The van der Waals surface area contributed by atoms with Crippen molar-refractivity contribution in [3.8, 4) is 11.3 Å². The van der Waals surface area contributed by atoms with E-state index < -0.39 is 0 Å². The summed E-state index contributed by atoms with van der Waals surface area (Å²) in [6.45, 7) is 4.07. The minimum absolute atomic E-state index is 0.979. The third-order valence-electron chi connectivity index (χ3n) is 2.08. The summed E-state index contributed by atoms with van der Waals surface area (Å²) < 4.78 is 0. The summed E-state index contributed by atoms with van der Waals surface area (Å²) in [7, 11) is 0. The first-order valence-corrected chi connectivity index (χ1v) is 4.60. The molecule has 0 radical (unpaired) electrons. The normalized spacial score (nSPS) is 10.1. The molecule has 0 bridgehead atoms. The van der Waals surface area contributed by atoms with Crippen molar-refractivity contribution >= 4 is 0 Å². The maximum atomic E-state index is 4.35. The van der Waals surface area contributed by atoms with Crippen LogP contribution in [0.2, 0.25) is 0 Å². The molecule has 2 rings (SSSR count). The first-order valence-electron chi connectivity index (χ1n) is 4.60. The molecule has 0 aliphatic rings. The summed E-state index contributed by atoms with van der Waals surface area (Å²) >= 11 is 0. The third-order valence-corrected chi connectivity index (χ3v) is 2.08. The van der Waals surface area contributed by atoms with Gasteiger partial charge >= 0.3 is 0 Å². The first-order chi connectivity index (χ1) is 6.75. The Labute approximate surface area is 83.7 Å². The average Bonchev–Trinajstić information content (AvgIpc) is 2.19.